The number of methoxy groups -OCH3 is 1. The van der Waals surface area contributed by atoms with E-state index in [9.17, 15) is 14.4 Å². The molecular formula is C25H35O6P. The largest absolute Gasteiger partial charge is 0.475 e. The smallest absolute Gasteiger partial charge is 0.368 e. The Kier molecular flexibility index (Phi) is 7.72. The summed E-state index contributed by atoms with van der Waals surface area (Å²) < 4.78 is 28.9. The van der Waals surface area contributed by atoms with Crippen molar-refractivity contribution in [3.8, 4) is 11.5 Å². The summed E-state index contributed by atoms with van der Waals surface area (Å²) >= 11 is 0. The molecule has 1 aliphatic rings. The topological polar surface area (TPSA) is 85.2 Å². The Morgan fingerprint density at radius 1 is 1.06 bits per heavy atom. The zero-order chi connectivity index (χ0) is 23.5. The van der Waals surface area contributed by atoms with E-state index in [1.165, 1.54) is 29.5 Å². The fourth-order valence-corrected chi connectivity index (χ4v) is 5.30. The van der Waals surface area contributed by atoms with Crippen molar-refractivity contribution in [2.45, 2.75) is 71.1 Å². The van der Waals surface area contributed by atoms with E-state index in [2.05, 4.69) is 12.1 Å². The van der Waals surface area contributed by atoms with Crippen molar-refractivity contribution in [2.75, 3.05) is 13.9 Å². The van der Waals surface area contributed by atoms with E-state index >= 15 is 0 Å². The molecule has 0 bridgehead atoms. The van der Waals surface area contributed by atoms with Crippen molar-refractivity contribution in [3.05, 3.63) is 58.1 Å². The van der Waals surface area contributed by atoms with Gasteiger partial charge in [0.15, 0.2) is 6.79 Å². The molecule has 0 unspecified atom stereocenters. The highest BCUT2D eigenvalue weighted by Crippen LogP contribution is 2.55. The van der Waals surface area contributed by atoms with Crippen LogP contribution in [0.4, 0.5) is 0 Å². The molecule has 1 aliphatic carbocycles. The molecule has 7 heteroatoms. The minimum Gasteiger partial charge on any atom is -0.475 e. The molecule has 176 valence electrons. The van der Waals surface area contributed by atoms with Gasteiger partial charge < -0.3 is 24.0 Å². The van der Waals surface area contributed by atoms with Crippen molar-refractivity contribution in [1.29, 1.82) is 0 Å². The van der Waals surface area contributed by atoms with Crippen molar-refractivity contribution in [2.24, 2.45) is 0 Å². The lowest BCUT2D eigenvalue weighted by molar-refractivity contribution is 0.0504. The molecule has 2 aromatic carbocycles. The number of hydrogen-bond donors (Lipinski definition) is 2. The van der Waals surface area contributed by atoms with Crippen molar-refractivity contribution < 1.29 is 28.6 Å². The average molecular weight is 463 g/mol. The molecule has 0 radical (unpaired) electrons. The van der Waals surface area contributed by atoms with Gasteiger partial charge in [-0.2, -0.15) is 0 Å². The standard InChI is InChI=1S/C25H35O6P/c1-6-25(7-2,32(26,27)28)31-21-12-17(3)22(18(4)13-21)14-19-8-11-24(30-16-29-5)23(15-19)20-9-10-20/h8,11-13,15,20H,6-7,9-10,14,16H2,1-5H3,(H2,26,27,28). The van der Waals surface area contributed by atoms with Gasteiger partial charge >= 0.3 is 7.60 Å². The summed E-state index contributed by atoms with van der Waals surface area (Å²) in [5.74, 6) is 1.95. The van der Waals surface area contributed by atoms with Crippen LogP contribution in [0.2, 0.25) is 0 Å². The summed E-state index contributed by atoms with van der Waals surface area (Å²) in [6, 6.07) is 10.1. The van der Waals surface area contributed by atoms with E-state index in [1.807, 2.05) is 32.0 Å². The maximum atomic E-state index is 12.1. The third-order valence-corrected chi connectivity index (χ3v) is 8.20. The zero-order valence-electron chi connectivity index (χ0n) is 19.7. The predicted molar refractivity (Wildman–Crippen MR) is 126 cm³/mol. The van der Waals surface area contributed by atoms with Crippen LogP contribution in [-0.4, -0.2) is 29.0 Å². The van der Waals surface area contributed by atoms with Gasteiger partial charge in [-0.05, 0) is 97.9 Å². The molecule has 0 amide bonds. The van der Waals surface area contributed by atoms with Gasteiger partial charge in [0, 0.05) is 7.11 Å². The monoisotopic (exact) mass is 462 g/mol. The minimum atomic E-state index is -4.43. The van der Waals surface area contributed by atoms with E-state index in [0.29, 0.717) is 11.7 Å². The molecule has 0 aliphatic heterocycles. The molecule has 0 aromatic heterocycles. The molecule has 2 aromatic rings. The molecule has 1 saturated carbocycles. The highest BCUT2D eigenvalue weighted by molar-refractivity contribution is 7.53. The summed E-state index contributed by atoms with van der Waals surface area (Å²) in [5.41, 5.74) is 5.73. The number of benzene rings is 2. The Morgan fingerprint density at radius 3 is 2.19 bits per heavy atom. The van der Waals surface area contributed by atoms with E-state index in [4.69, 9.17) is 14.2 Å². The summed E-state index contributed by atoms with van der Waals surface area (Å²) in [6.45, 7) is 7.76. The molecule has 0 spiro atoms. The fourth-order valence-electron chi connectivity index (χ4n) is 4.26. The van der Waals surface area contributed by atoms with E-state index in [1.54, 1.807) is 21.0 Å². The second-order valence-corrected chi connectivity index (χ2v) is 10.6. The van der Waals surface area contributed by atoms with Crippen molar-refractivity contribution in [3.63, 3.8) is 0 Å². The summed E-state index contributed by atoms with van der Waals surface area (Å²) in [6.07, 6.45) is 3.61. The maximum Gasteiger partial charge on any atom is 0.368 e. The highest BCUT2D eigenvalue weighted by Gasteiger charge is 2.46. The van der Waals surface area contributed by atoms with Crippen LogP contribution >= 0.6 is 7.60 Å². The Bertz CT molecular complexity index is 965. The molecule has 1 fully saturated rings. The Morgan fingerprint density at radius 2 is 1.69 bits per heavy atom. The van der Waals surface area contributed by atoms with Crippen LogP contribution in [-0.2, 0) is 15.7 Å². The lowest BCUT2D eigenvalue weighted by Crippen LogP contribution is -2.34. The minimum absolute atomic E-state index is 0.231. The van der Waals surface area contributed by atoms with E-state index < -0.39 is 12.9 Å². The fraction of sp³-hybridized carbons (Fsp3) is 0.520. The number of aryl methyl sites for hydroxylation is 2. The molecule has 0 atom stereocenters. The maximum absolute atomic E-state index is 12.1. The normalized spacial score (nSPS) is 14.5. The Labute approximate surface area is 191 Å². The zero-order valence-corrected chi connectivity index (χ0v) is 20.6. The number of hydrogen-bond acceptors (Lipinski definition) is 4. The number of ether oxygens (including phenoxy) is 3. The van der Waals surface area contributed by atoms with Crippen LogP contribution in [0.1, 0.15) is 73.3 Å². The van der Waals surface area contributed by atoms with Crippen LogP contribution in [0, 0.1) is 13.8 Å². The lowest BCUT2D eigenvalue weighted by atomic mass is 9.94. The summed E-state index contributed by atoms with van der Waals surface area (Å²) in [4.78, 5) is 19.8. The number of rotatable bonds is 11. The Balaban J connectivity index is 1.86. The van der Waals surface area contributed by atoms with Crippen molar-refractivity contribution in [1.82, 2.24) is 0 Å². The lowest BCUT2D eigenvalue weighted by Gasteiger charge is -2.33. The van der Waals surface area contributed by atoms with Crippen LogP contribution in [0.15, 0.2) is 30.3 Å². The van der Waals surface area contributed by atoms with Crippen LogP contribution in [0.5, 0.6) is 11.5 Å². The van der Waals surface area contributed by atoms with Gasteiger partial charge in [-0.25, -0.2) is 0 Å². The van der Waals surface area contributed by atoms with Crippen LogP contribution in [0.3, 0.4) is 0 Å². The van der Waals surface area contributed by atoms with Gasteiger partial charge in [0.05, 0.1) is 0 Å². The molecular weight excluding hydrogens is 427 g/mol. The highest BCUT2D eigenvalue weighted by atomic mass is 31.2. The SMILES string of the molecule is CCC(CC)(Oc1cc(C)c(Cc2ccc(OCOC)c(C3CC3)c2)c(C)c1)P(=O)(O)O. The first-order valence-electron chi connectivity index (χ1n) is 11.2. The second kappa shape index (κ2) is 9.96. The quantitative estimate of drug-likeness (QED) is 0.323. The van der Waals surface area contributed by atoms with Gasteiger partial charge in [0.25, 0.3) is 0 Å². The van der Waals surface area contributed by atoms with Gasteiger partial charge in [-0.1, -0.05) is 26.0 Å². The first kappa shape index (κ1) is 24.8. The summed E-state index contributed by atoms with van der Waals surface area (Å²) in [5, 5.41) is -1.50. The second-order valence-electron chi connectivity index (χ2n) is 8.71. The van der Waals surface area contributed by atoms with Gasteiger partial charge in [0.1, 0.15) is 11.5 Å². The first-order valence-corrected chi connectivity index (χ1v) is 12.8. The average Bonchev–Trinajstić information content (AvgIpc) is 3.58. The molecule has 32 heavy (non-hydrogen) atoms. The molecule has 6 nitrogen and oxygen atoms in total. The first-order chi connectivity index (χ1) is 15.1. The molecule has 3 rings (SSSR count). The van der Waals surface area contributed by atoms with E-state index in [0.717, 1.165) is 23.3 Å². The molecule has 0 heterocycles. The summed E-state index contributed by atoms with van der Waals surface area (Å²) in [7, 11) is -2.81. The molecule has 2 N–H and O–H groups in total. The van der Waals surface area contributed by atoms with Crippen LogP contribution < -0.4 is 9.47 Å². The van der Waals surface area contributed by atoms with Gasteiger partial charge in [-0.15, -0.1) is 0 Å². The third kappa shape index (κ3) is 5.37. The predicted octanol–water partition coefficient (Wildman–Crippen LogP) is 5.83. The Hall–Kier alpha value is -1.85. The van der Waals surface area contributed by atoms with Gasteiger partial charge in [0.2, 0.25) is 5.34 Å². The van der Waals surface area contributed by atoms with Crippen LogP contribution in [0.25, 0.3) is 0 Å². The third-order valence-electron chi connectivity index (χ3n) is 6.42. The van der Waals surface area contributed by atoms with Gasteiger partial charge in [-0.3, -0.25) is 4.57 Å². The van der Waals surface area contributed by atoms with Crippen molar-refractivity contribution >= 4 is 7.60 Å². The molecule has 0 saturated heterocycles. The van der Waals surface area contributed by atoms with E-state index in [-0.39, 0.29) is 19.6 Å².